The van der Waals surface area contributed by atoms with Crippen molar-refractivity contribution >= 4 is 5.91 Å². The van der Waals surface area contributed by atoms with E-state index in [-0.39, 0.29) is 24.5 Å². The zero-order chi connectivity index (χ0) is 12.8. The van der Waals surface area contributed by atoms with Gasteiger partial charge in [-0.15, -0.1) is 0 Å². The number of aliphatic hydroxyl groups excluding tert-OH is 1. The number of amides is 1. The Morgan fingerprint density at radius 2 is 1.94 bits per heavy atom. The molecule has 0 spiro atoms. The van der Waals surface area contributed by atoms with Crippen LogP contribution in [0, 0.1) is 22.7 Å². The highest BCUT2D eigenvalue weighted by molar-refractivity contribution is 5.85. The second kappa shape index (κ2) is 6.49. The fourth-order valence-corrected chi connectivity index (χ4v) is 1.51. The van der Waals surface area contributed by atoms with E-state index in [4.69, 9.17) is 10.4 Å². The van der Waals surface area contributed by atoms with Gasteiger partial charge in [0.15, 0.2) is 0 Å². The molecule has 4 nitrogen and oxygen atoms in total. The summed E-state index contributed by atoms with van der Waals surface area (Å²) >= 11 is 0. The maximum absolute atomic E-state index is 12.0. The number of nitriles is 1. The molecule has 0 saturated heterocycles. The van der Waals surface area contributed by atoms with Gasteiger partial charge in [-0.25, -0.2) is 0 Å². The van der Waals surface area contributed by atoms with Gasteiger partial charge in [-0.1, -0.05) is 27.7 Å². The van der Waals surface area contributed by atoms with Crippen LogP contribution in [0.25, 0.3) is 0 Å². The lowest BCUT2D eigenvalue weighted by Crippen LogP contribution is -2.48. The van der Waals surface area contributed by atoms with Gasteiger partial charge in [-0.3, -0.25) is 4.79 Å². The molecule has 2 N–H and O–H groups in total. The summed E-state index contributed by atoms with van der Waals surface area (Å²) in [5.41, 5.74) is -0.956. The van der Waals surface area contributed by atoms with Gasteiger partial charge >= 0.3 is 0 Å². The van der Waals surface area contributed by atoms with E-state index in [0.29, 0.717) is 12.8 Å². The van der Waals surface area contributed by atoms with Crippen molar-refractivity contribution in [1.82, 2.24) is 5.32 Å². The van der Waals surface area contributed by atoms with Crippen molar-refractivity contribution in [2.24, 2.45) is 11.3 Å². The number of nitrogens with zero attached hydrogens (tertiary/aromatic N) is 1. The zero-order valence-corrected chi connectivity index (χ0v) is 10.6. The lowest BCUT2D eigenvalue weighted by atomic mass is 9.82. The highest BCUT2D eigenvalue weighted by Crippen LogP contribution is 2.25. The summed E-state index contributed by atoms with van der Waals surface area (Å²) in [6, 6.07) is 1.81. The van der Waals surface area contributed by atoms with Crippen LogP contribution in [0.15, 0.2) is 0 Å². The van der Waals surface area contributed by atoms with Crippen molar-refractivity contribution in [2.45, 2.75) is 46.6 Å². The summed E-state index contributed by atoms with van der Waals surface area (Å²) in [6.07, 6.45) is 0.976. The fourth-order valence-electron chi connectivity index (χ4n) is 1.51. The first-order chi connectivity index (χ1) is 7.47. The monoisotopic (exact) mass is 226 g/mol. The van der Waals surface area contributed by atoms with Gasteiger partial charge in [0.2, 0.25) is 5.91 Å². The van der Waals surface area contributed by atoms with Crippen LogP contribution in [0.1, 0.15) is 40.5 Å². The number of carbonyl (C=O) groups excluding carboxylic acids is 1. The quantitative estimate of drug-likeness (QED) is 0.720. The second-order valence-electron chi connectivity index (χ2n) is 4.41. The fraction of sp³-hybridized carbons (Fsp3) is 0.833. The van der Waals surface area contributed by atoms with Gasteiger partial charge in [0.1, 0.15) is 5.41 Å². The summed E-state index contributed by atoms with van der Waals surface area (Å²) < 4.78 is 0. The van der Waals surface area contributed by atoms with Gasteiger partial charge in [-0.05, 0) is 18.8 Å². The molecule has 0 aliphatic carbocycles. The molecule has 0 aliphatic heterocycles. The van der Waals surface area contributed by atoms with E-state index in [1.165, 1.54) is 0 Å². The molecule has 1 atom stereocenters. The van der Waals surface area contributed by atoms with Gasteiger partial charge in [-0.2, -0.15) is 5.26 Å². The van der Waals surface area contributed by atoms with Crippen molar-refractivity contribution in [3.05, 3.63) is 0 Å². The first-order valence-electron chi connectivity index (χ1n) is 5.80. The molecule has 0 bridgehead atoms. The van der Waals surface area contributed by atoms with E-state index in [1.807, 2.05) is 27.7 Å². The zero-order valence-electron chi connectivity index (χ0n) is 10.6. The average Bonchev–Trinajstić information content (AvgIpc) is 2.28. The lowest BCUT2D eigenvalue weighted by molar-refractivity contribution is -0.130. The summed E-state index contributed by atoms with van der Waals surface area (Å²) in [5.74, 6) is -0.119. The molecule has 4 heteroatoms. The molecular formula is C12H22N2O2. The first-order valence-corrected chi connectivity index (χ1v) is 5.80. The lowest BCUT2D eigenvalue weighted by Gasteiger charge is -2.27. The van der Waals surface area contributed by atoms with E-state index in [1.54, 1.807) is 0 Å². The third kappa shape index (κ3) is 3.21. The third-order valence-corrected chi connectivity index (χ3v) is 3.17. The Bertz CT molecular complexity index is 265. The molecular weight excluding hydrogens is 204 g/mol. The number of hydrogen-bond donors (Lipinski definition) is 2. The molecule has 1 unspecified atom stereocenters. The normalized spacial score (nSPS) is 13.3. The molecule has 1 amide bonds. The maximum atomic E-state index is 12.0. The van der Waals surface area contributed by atoms with Gasteiger partial charge < -0.3 is 10.4 Å². The Kier molecular flexibility index (Phi) is 6.05. The minimum absolute atomic E-state index is 0.0989. The molecule has 92 valence electrons. The topological polar surface area (TPSA) is 73.1 Å². The maximum Gasteiger partial charge on any atom is 0.240 e. The number of carbonyl (C=O) groups is 1. The molecule has 0 aromatic heterocycles. The van der Waals surface area contributed by atoms with E-state index in [9.17, 15) is 4.79 Å². The van der Waals surface area contributed by atoms with Crippen molar-refractivity contribution in [3.63, 3.8) is 0 Å². The average molecular weight is 226 g/mol. The number of rotatable bonds is 6. The SMILES string of the molecule is CCC(C#N)(CC)C(=O)NC(CO)C(C)C. The Morgan fingerprint density at radius 3 is 2.19 bits per heavy atom. The summed E-state index contributed by atoms with van der Waals surface area (Å²) in [7, 11) is 0. The van der Waals surface area contributed by atoms with Crippen molar-refractivity contribution in [3.8, 4) is 6.07 Å². The minimum Gasteiger partial charge on any atom is -0.394 e. The Hall–Kier alpha value is -1.08. The Morgan fingerprint density at radius 1 is 1.44 bits per heavy atom. The summed E-state index contributed by atoms with van der Waals surface area (Å²) in [6.45, 7) is 7.41. The third-order valence-electron chi connectivity index (χ3n) is 3.17. The highest BCUT2D eigenvalue weighted by Gasteiger charge is 2.36. The second-order valence-corrected chi connectivity index (χ2v) is 4.41. The number of aliphatic hydroxyl groups is 1. The van der Waals surface area contributed by atoms with Gasteiger partial charge in [0.05, 0.1) is 18.7 Å². The number of nitrogens with one attached hydrogen (secondary N) is 1. The van der Waals surface area contributed by atoms with Gasteiger partial charge in [0.25, 0.3) is 0 Å². The number of hydrogen-bond acceptors (Lipinski definition) is 3. The predicted molar refractivity (Wildman–Crippen MR) is 62.5 cm³/mol. The highest BCUT2D eigenvalue weighted by atomic mass is 16.3. The van der Waals surface area contributed by atoms with E-state index >= 15 is 0 Å². The van der Waals surface area contributed by atoms with E-state index < -0.39 is 5.41 Å². The van der Waals surface area contributed by atoms with E-state index in [2.05, 4.69) is 11.4 Å². The van der Waals surface area contributed by atoms with Crippen LogP contribution in [0.3, 0.4) is 0 Å². The standard InChI is InChI=1S/C12H22N2O2/c1-5-12(6-2,8-13)11(16)14-10(7-15)9(3)4/h9-10,15H,5-7H2,1-4H3,(H,14,16). The van der Waals surface area contributed by atoms with Crippen LogP contribution >= 0.6 is 0 Å². The largest absolute Gasteiger partial charge is 0.394 e. The Labute approximate surface area is 97.7 Å². The van der Waals surface area contributed by atoms with Crippen LogP contribution in [-0.4, -0.2) is 23.7 Å². The summed E-state index contributed by atoms with van der Waals surface area (Å²) in [5, 5.41) is 21.0. The van der Waals surface area contributed by atoms with Crippen LogP contribution in [0.5, 0.6) is 0 Å². The van der Waals surface area contributed by atoms with Crippen LogP contribution in [0.4, 0.5) is 0 Å². The molecule has 0 aliphatic rings. The molecule has 0 heterocycles. The smallest absolute Gasteiger partial charge is 0.240 e. The van der Waals surface area contributed by atoms with E-state index in [0.717, 1.165) is 0 Å². The molecule has 0 rings (SSSR count). The van der Waals surface area contributed by atoms with Crippen LogP contribution in [-0.2, 0) is 4.79 Å². The van der Waals surface area contributed by atoms with Crippen LogP contribution in [0.2, 0.25) is 0 Å². The molecule has 0 aromatic rings. The molecule has 0 radical (unpaired) electrons. The predicted octanol–water partition coefficient (Wildman–Crippen LogP) is 1.45. The van der Waals surface area contributed by atoms with Gasteiger partial charge in [0, 0.05) is 0 Å². The van der Waals surface area contributed by atoms with Crippen molar-refractivity contribution in [1.29, 1.82) is 5.26 Å². The van der Waals surface area contributed by atoms with Crippen LogP contribution < -0.4 is 5.32 Å². The van der Waals surface area contributed by atoms with Crippen molar-refractivity contribution < 1.29 is 9.90 Å². The van der Waals surface area contributed by atoms with Crippen molar-refractivity contribution in [2.75, 3.05) is 6.61 Å². The molecule has 0 fully saturated rings. The summed E-state index contributed by atoms with van der Waals surface area (Å²) in [4.78, 5) is 12.0. The minimum atomic E-state index is -0.956. The molecule has 16 heavy (non-hydrogen) atoms. The molecule has 0 aromatic carbocycles. The Balaban J connectivity index is 4.73. The first kappa shape index (κ1) is 14.9. The molecule has 0 saturated carbocycles.